The van der Waals surface area contributed by atoms with Crippen LogP contribution in [0.5, 0.6) is 0 Å². The molecule has 0 aromatic rings. The largest absolute Gasteiger partial charge is 0.374 e. The van der Waals surface area contributed by atoms with E-state index >= 15 is 0 Å². The highest BCUT2D eigenvalue weighted by Crippen LogP contribution is 2.36. The standard InChI is InChI=1S/C28H54O/c1-3-5-7-9-17-23-27(25-19-13-11-14-20-25)29-28(24-18-10-8-6-4-2)26-21-15-12-16-22-26/h25-28H,3-24H2,1-2H3. The van der Waals surface area contributed by atoms with E-state index in [1.165, 1.54) is 141 Å². The Morgan fingerprint density at radius 2 is 0.897 bits per heavy atom. The van der Waals surface area contributed by atoms with Crippen molar-refractivity contribution in [3.63, 3.8) is 0 Å². The van der Waals surface area contributed by atoms with E-state index in [0.717, 1.165) is 11.8 Å². The first-order valence-corrected chi connectivity index (χ1v) is 14.0. The van der Waals surface area contributed by atoms with Crippen LogP contribution in [-0.4, -0.2) is 12.2 Å². The van der Waals surface area contributed by atoms with Gasteiger partial charge in [0.2, 0.25) is 0 Å². The highest BCUT2D eigenvalue weighted by molar-refractivity contribution is 4.80. The third-order valence-corrected chi connectivity index (χ3v) is 7.89. The Hall–Kier alpha value is -0.0400. The summed E-state index contributed by atoms with van der Waals surface area (Å²) in [6.07, 6.45) is 32.3. The molecule has 2 saturated carbocycles. The Bertz CT molecular complexity index is 319. The number of hydrogen-bond donors (Lipinski definition) is 0. The monoisotopic (exact) mass is 406 g/mol. The summed E-state index contributed by atoms with van der Waals surface area (Å²) in [5.41, 5.74) is 0. The lowest BCUT2D eigenvalue weighted by atomic mass is 9.81. The smallest absolute Gasteiger partial charge is 0.0607 e. The van der Waals surface area contributed by atoms with Crippen molar-refractivity contribution in [3.8, 4) is 0 Å². The SMILES string of the molecule is CCCCCCCC(OC(CCCCCCC)C1CCCCC1)C1CCCCC1. The van der Waals surface area contributed by atoms with Gasteiger partial charge >= 0.3 is 0 Å². The topological polar surface area (TPSA) is 9.23 Å². The fourth-order valence-corrected chi connectivity index (χ4v) is 5.96. The van der Waals surface area contributed by atoms with Crippen molar-refractivity contribution < 1.29 is 4.74 Å². The average molecular weight is 407 g/mol. The van der Waals surface area contributed by atoms with E-state index in [2.05, 4.69) is 13.8 Å². The van der Waals surface area contributed by atoms with Gasteiger partial charge in [0, 0.05) is 0 Å². The van der Waals surface area contributed by atoms with Gasteiger partial charge in [-0.2, -0.15) is 0 Å². The highest BCUT2D eigenvalue weighted by atomic mass is 16.5. The Balaban J connectivity index is 1.89. The zero-order valence-electron chi connectivity index (χ0n) is 20.3. The van der Waals surface area contributed by atoms with Gasteiger partial charge < -0.3 is 4.74 Å². The summed E-state index contributed by atoms with van der Waals surface area (Å²) in [6.45, 7) is 4.65. The molecule has 2 atom stereocenters. The maximum absolute atomic E-state index is 7.14. The Morgan fingerprint density at radius 3 is 1.28 bits per heavy atom. The fourth-order valence-electron chi connectivity index (χ4n) is 5.96. The molecule has 2 unspecified atom stereocenters. The van der Waals surface area contributed by atoms with Crippen LogP contribution in [0.3, 0.4) is 0 Å². The van der Waals surface area contributed by atoms with E-state index in [9.17, 15) is 0 Å². The maximum atomic E-state index is 7.14. The second-order valence-corrected chi connectivity index (χ2v) is 10.4. The fraction of sp³-hybridized carbons (Fsp3) is 1.00. The van der Waals surface area contributed by atoms with Crippen LogP contribution in [0, 0.1) is 11.8 Å². The van der Waals surface area contributed by atoms with Crippen LogP contribution in [0.2, 0.25) is 0 Å². The van der Waals surface area contributed by atoms with Crippen molar-refractivity contribution in [2.24, 2.45) is 11.8 Å². The summed E-state index contributed by atoms with van der Waals surface area (Å²) in [7, 11) is 0. The van der Waals surface area contributed by atoms with E-state index in [1.54, 1.807) is 0 Å². The van der Waals surface area contributed by atoms with Crippen LogP contribution in [0.1, 0.15) is 155 Å². The lowest BCUT2D eigenvalue weighted by Gasteiger charge is -2.37. The number of hydrogen-bond acceptors (Lipinski definition) is 1. The number of ether oxygens (including phenoxy) is 1. The summed E-state index contributed by atoms with van der Waals surface area (Å²) in [5.74, 6) is 1.72. The molecule has 0 N–H and O–H groups in total. The zero-order valence-corrected chi connectivity index (χ0v) is 20.3. The van der Waals surface area contributed by atoms with Gasteiger partial charge in [-0.15, -0.1) is 0 Å². The molecule has 1 heteroatoms. The van der Waals surface area contributed by atoms with Gasteiger partial charge in [0.15, 0.2) is 0 Å². The lowest BCUT2D eigenvalue weighted by Crippen LogP contribution is -2.35. The highest BCUT2D eigenvalue weighted by Gasteiger charge is 2.30. The molecule has 0 spiro atoms. The summed E-state index contributed by atoms with van der Waals surface area (Å²) < 4.78 is 7.14. The molecule has 0 aromatic carbocycles. The molecular formula is C28H54O. The van der Waals surface area contributed by atoms with Gasteiger partial charge in [0.1, 0.15) is 0 Å². The molecule has 172 valence electrons. The maximum Gasteiger partial charge on any atom is 0.0607 e. The van der Waals surface area contributed by atoms with E-state index in [0.29, 0.717) is 12.2 Å². The van der Waals surface area contributed by atoms with Crippen molar-refractivity contribution in [1.29, 1.82) is 0 Å². The summed E-state index contributed by atoms with van der Waals surface area (Å²) >= 11 is 0. The molecule has 0 heterocycles. The molecule has 0 saturated heterocycles. The average Bonchev–Trinajstić information content (AvgIpc) is 2.78. The second-order valence-electron chi connectivity index (χ2n) is 10.4. The molecule has 0 aromatic heterocycles. The minimum Gasteiger partial charge on any atom is -0.374 e. The van der Waals surface area contributed by atoms with Gasteiger partial charge in [0.05, 0.1) is 12.2 Å². The van der Waals surface area contributed by atoms with E-state index in [-0.39, 0.29) is 0 Å². The second kappa shape index (κ2) is 16.6. The zero-order chi connectivity index (χ0) is 20.6. The lowest BCUT2D eigenvalue weighted by molar-refractivity contribution is -0.0888. The minimum absolute atomic E-state index is 0.569. The van der Waals surface area contributed by atoms with Gasteiger partial charge in [-0.05, 0) is 50.4 Å². The quantitative estimate of drug-likeness (QED) is 0.232. The van der Waals surface area contributed by atoms with Crippen molar-refractivity contribution in [2.75, 3.05) is 0 Å². The molecular weight excluding hydrogens is 352 g/mol. The minimum atomic E-state index is 0.569. The normalized spacial score (nSPS) is 21.3. The van der Waals surface area contributed by atoms with Gasteiger partial charge in [0.25, 0.3) is 0 Å². The van der Waals surface area contributed by atoms with E-state index in [1.807, 2.05) is 0 Å². The first-order valence-electron chi connectivity index (χ1n) is 14.0. The van der Waals surface area contributed by atoms with Crippen LogP contribution in [0.4, 0.5) is 0 Å². The van der Waals surface area contributed by atoms with Crippen molar-refractivity contribution in [1.82, 2.24) is 0 Å². The third-order valence-electron chi connectivity index (χ3n) is 7.89. The van der Waals surface area contributed by atoms with Crippen molar-refractivity contribution in [3.05, 3.63) is 0 Å². The first kappa shape index (κ1) is 25.2. The van der Waals surface area contributed by atoms with E-state index in [4.69, 9.17) is 4.74 Å². The summed E-state index contributed by atoms with van der Waals surface area (Å²) in [6, 6.07) is 0. The molecule has 1 nitrogen and oxygen atoms in total. The Kier molecular flexibility index (Phi) is 14.5. The van der Waals surface area contributed by atoms with Crippen LogP contribution in [0.15, 0.2) is 0 Å². The molecule has 0 aliphatic heterocycles. The van der Waals surface area contributed by atoms with Crippen LogP contribution in [-0.2, 0) is 4.74 Å². The first-order chi connectivity index (χ1) is 14.3. The number of rotatable bonds is 16. The molecule has 2 rings (SSSR count). The molecule has 2 aliphatic rings. The van der Waals surface area contributed by atoms with Crippen LogP contribution in [0.25, 0.3) is 0 Å². The van der Waals surface area contributed by atoms with Crippen LogP contribution < -0.4 is 0 Å². The van der Waals surface area contributed by atoms with Gasteiger partial charge in [-0.25, -0.2) is 0 Å². The summed E-state index contributed by atoms with van der Waals surface area (Å²) in [5, 5.41) is 0. The van der Waals surface area contributed by atoms with Crippen LogP contribution >= 0.6 is 0 Å². The molecule has 0 bridgehead atoms. The molecule has 2 fully saturated rings. The van der Waals surface area contributed by atoms with E-state index < -0.39 is 0 Å². The molecule has 29 heavy (non-hydrogen) atoms. The Morgan fingerprint density at radius 1 is 0.517 bits per heavy atom. The molecule has 0 amide bonds. The Labute approximate surface area is 184 Å². The third kappa shape index (κ3) is 10.7. The molecule has 0 radical (unpaired) electrons. The predicted molar refractivity (Wildman–Crippen MR) is 129 cm³/mol. The van der Waals surface area contributed by atoms with Gasteiger partial charge in [-0.1, -0.05) is 117 Å². The van der Waals surface area contributed by atoms with Crippen molar-refractivity contribution in [2.45, 2.75) is 167 Å². The summed E-state index contributed by atoms with van der Waals surface area (Å²) in [4.78, 5) is 0. The van der Waals surface area contributed by atoms with Crippen molar-refractivity contribution >= 4 is 0 Å². The molecule has 2 aliphatic carbocycles. The van der Waals surface area contributed by atoms with Gasteiger partial charge in [-0.3, -0.25) is 0 Å². The number of unbranched alkanes of at least 4 members (excludes halogenated alkanes) is 8. The predicted octanol–water partition coefficient (Wildman–Crippen LogP) is 9.62.